The quantitative estimate of drug-likeness (QED) is 0.494. The highest BCUT2D eigenvalue weighted by Gasteiger charge is 2.34. The highest BCUT2D eigenvalue weighted by atomic mass is 35.5. The van der Waals surface area contributed by atoms with Gasteiger partial charge >= 0.3 is 0 Å². The van der Waals surface area contributed by atoms with Crippen LogP contribution in [0.5, 0.6) is 0 Å². The molecule has 1 aliphatic rings. The second kappa shape index (κ2) is 6.83. The van der Waals surface area contributed by atoms with Crippen LogP contribution in [-0.2, 0) is 0 Å². The number of fused-ring (bicyclic) bond motifs is 1. The molecule has 0 bridgehead atoms. The third-order valence-corrected chi connectivity index (χ3v) is 6.16. The lowest BCUT2D eigenvalue weighted by molar-refractivity contribution is 0.395. The molecule has 1 heterocycles. The number of halogens is 3. The fourth-order valence-electron chi connectivity index (χ4n) is 3.43. The van der Waals surface area contributed by atoms with Gasteiger partial charge in [-0.05, 0) is 56.0 Å². The Morgan fingerprint density at radius 1 is 1.16 bits per heavy atom. The zero-order valence-electron chi connectivity index (χ0n) is 14.8. The monoisotopic (exact) mass is 394 g/mol. The smallest absolute Gasteiger partial charge is 0.0848 e. The Morgan fingerprint density at radius 3 is 2.60 bits per heavy atom. The normalized spacial score (nSPS) is 19.3. The molecule has 1 aliphatic heterocycles. The molecule has 0 fully saturated rings. The predicted molar refractivity (Wildman–Crippen MR) is 111 cm³/mol. The van der Waals surface area contributed by atoms with Crippen molar-refractivity contribution in [2.45, 2.75) is 38.6 Å². The van der Waals surface area contributed by atoms with Crippen LogP contribution < -0.4 is 4.90 Å². The molecule has 0 amide bonds. The fourth-order valence-corrected chi connectivity index (χ4v) is 3.99. The van der Waals surface area contributed by atoms with Gasteiger partial charge in [-0.2, -0.15) is 0 Å². The van der Waals surface area contributed by atoms with E-state index in [9.17, 15) is 0 Å². The van der Waals surface area contributed by atoms with E-state index < -0.39 is 0 Å². The van der Waals surface area contributed by atoms with Crippen LogP contribution in [0, 0.1) is 0 Å². The topological polar surface area (TPSA) is 15.6 Å². The molecule has 2 aromatic rings. The lowest BCUT2D eigenvalue weighted by Gasteiger charge is -2.45. The van der Waals surface area contributed by atoms with Crippen LogP contribution in [0.1, 0.15) is 44.2 Å². The summed E-state index contributed by atoms with van der Waals surface area (Å²) in [5.74, 6) is 0.459. The maximum atomic E-state index is 6.53. The Bertz CT molecular complexity index is 843. The first-order chi connectivity index (χ1) is 11.7. The summed E-state index contributed by atoms with van der Waals surface area (Å²) in [6.45, 7) is 6.78. The summed E-state index contributed by atoms with van der Waals surface area (Å²) in [4.78, 5) is 6.79. The number of anilines is 1. The van der Waals surface area contributed by atoms with E-state index in [1.54, 1.807) is 12.3 Å². The first-order valence-corrected chi connectivity index (χ1v) is 9.39. The molecule has 2 aromatic carbocycles. The van der Waals surface area contributed by atoms with Gasteiger partial charge in [0.2, 0.25) is 0 Å². The standard InChI is InChI=1S/C20H21Cl3N2/c1-12-10-20(2,3)25(4)18-9-16(22)13(8-14(12)18)11-24-17-7-5-6-15(21)19(17)23/h5-9,11-12H,10H2,1-4H3. The first kappa shape index (κ1) is 18.6. The molecule has 132 valence electrons. The molecule has 3 rings (SSSR count). The maximum Gasteiger partial charge on any atom is 0.0848 e. The Hall–Kier alpha value is -1.22. The van der Waals surface area contributed by atoms with Crippen molar-refractivity contribution in [1.82, 2.24) is 0 Å². The molecule has 25 heavy (non-hydrogen) atoms. The van der Waals surface area contributed by atoms with Crippen molar-refractivity contribution < 1.29 is 0 Å². The van der Waals surface area contributed by atoms with Crippen LogP contribution in [0.2, 0.25) is 15.1 Å². The van der Waals surface area contributed by atoms with Gasteiger partial charge < -0.3 is 4.90 Å². The molecule has 2 nitrogen and oxygen atoms in total. The van der Waals surface area contributed by atoms with Crippen molar-refractivity contribution in [3.8, 4) is 0 Å². The molecular formula is C20H21Cl3N2. The molecule has 0 saturated heterocycles. The van der Waals surface area contributed by atoms with Gasteiger partial charge in [0.05, 0.1) is 20.8 Å². The zero-order chi connectivity index (χ0) is 18.4. The minimum atomic E-state index is 0.111. The Balaban J connectivity index is 2.01. The van der Waals surface area contributed by atoms with Crippen LogP contribution in [0.4, 0.5) is 11.4 Å². The molecule has 5 heteroatoms. The van der Waals surface area contributed by atoms with Gasteiger partial charge in [0.1, 0.15) is 0 Å². The largest absolute Gasteiger partial charge is 0.369 e. The van der Waals surface area contributed by atoms with Crippen molar-refractivity contribution in [2.24, 2.45) is 4.99 Å². The highest BCUT2D eigenvalue weighted by Crippen LogP contribution is 2.44. The molecule has 0 N–H and O–H groups in total. The molecule has 0 aromatic heterocycles. The van der Waals surface area contributed by atoms with E-state index in [0.29, 0.717) is 26.7 Å². The minimum absolute atomic E-state index is 0.111. The van der Waals surface area contributed by atoms with E-state index in [0.717, 1.165) is 12.0 Å². The summed E-state index contributed by atoms with van der Waals surface area (Å²) in [6.07, 6.45) is 2.85. The number of nitrogens with zero attached hydrogens (tertiary/aromatic N) is 2. The Morgan fingerprint density at radius 2 is 1.88 bits per heavy atom. The number of hydrogen-bond acceptors (Lipinski definition) is 2. The highest BCUT2D eigenvalue weighted by molar-refractivity contribution is 6.43. The van der Waals surface area contributed by atoms with Gasteiger partial charge in [-0.3, -0.25) is 4.99 Å². The van der Waals surface area contributed by atoms with Gasteiger partial charge in [-0.1, -0.05) is 47.8 Å². The van der Waals surface area contributed by atoms with E-state index in [1.165, 1.54) is 11.3 Å². The molecule has 0 saturated carbocycles. The summed E-state index contributed by atoms with van der Waals surface area (Å²) in [6, 6.07) is 9.57. The van der Waals surface area contributed by atoms with Gasteiger partial charge in [-0.15, -0.1) is 0 Å². The summed E-state index contributed by atoms with van der Waals surface area (Å²) < 4.78 is 0. The molecule has 1 unspecified atom stereocenters. The van der Waals surface area contributed by atoms with Crippen LogP contribution in [0.25, 0.3) is 0 Å². The zero-order valence-corrected chi connectivity index (χ0v) is 17.0. The number of aliphatic imine (C=N–C) groups is 1. The van der Waals surface area contributed by atoms with Crippen molar-refractivity contribution in [3.05, 3.63) is 56.5 Å². The summed E-state index contributed by atoms with van der Waals surface area (Å²) in [5, 5.41) is 1.62. The van der Waals surface area contributed by atoms with Gasteiger partial charge in [0.25, 0.3) is 0 Å². The van der Waals surface area contributed by atoms with E-state index in [-0.39, 0.29) is 5.54 Å². The molecule has 0 radical (unpaired) electrons. The summed E-state index contributed by atoms with van der Waals surface area (Å²) >= 11 is 18.8. The number of rotatable bonds is 2. The molecule has 0 aliphatic carbocycles. The van der Waals surface area contributed by atoms with Gasteiger partial charge in [-0.25, -0.2) is 0 Å². The Labute approximate surface area is 164 Å². The van der Waals surface area contributed by atoms with E-state index in [4.69, 9.17) is 34.8 Å². The number of benzene rings is 2. The van der Waals surface area contributed by atoms with Crippen LogP contribution >= 0.6 is 34.8 Å². The SMILES string of the molecule is CC1CC(C)(C)N(C)c2cc(Cl)c(C=Nc3cccc(Cl)c3Cl)cc21. The second-order valence-corrected chi connectivity index (χ2v) is 8.43. The van der Waals surface area contributed by atoms with Gasteiger partial charge in [0, 0.05) is 30.1 Å². The van der Waals surface area contributed by atoms with Crippen LogP contribution in [-0.4, -0.2) is 18.8 Å². The van der Waals surface area contributed by atoms with Crippen LogP contribution in [0.15, 0.2) is 35.3 Å². The Kier molecular flexibility index (Phi) is 5.07. The summed E-state index contributed by atoms with van der Waals surface area (Å²) in [7, 11) is 2.13. The van der Waals surface area contributed by atoms with Crippen molar-refractivity contribution in [1.29, 1.82) is 0 Å². The van der Waals surface area contributed by atoms with Crippen molar-refractivity contribution in [2.75, 3.05) is 11.9 Å². The first-order valence-electron chi connectivity index (χ1n) is 8.26. The molecular weight excluding hydrogens is 375 g/mol. The van der Waals surface area contributed by atoms with Crippen molar-refractivity contribution in [3.63, 3.8) is 0 Å². The van der Waals surface area contributed by atoms with Gasteiger partial charge in [0.15, 0.2) is 0 Å². The minimum Gasteiger partial charge on any atom is -0.369 e. The average molecular weight is 396 g/mol. The lowest BCUT2D eigenvalue weighted by atomic mass is 9.80. The summed E-state index contributed by atoms with van der Waals surface area (Å²) in [5.41, 5.74) is 4.11. The second-order valence-electron chi connectivity index (χ2n) is 7.24. The van der Waals surface area contributed by atoms with E-state index in [2.05, 4.69) is 43.8 Å². The average Bonchev–Trinajstić information content (AvgIpc) is 2.54. The predicted octanol–water partition coefficient (Wildman–Crippen LogP) is 7.12. The van der Waals surface area contributed by atoms with E-state index in [1.807, 2.05) is 18.2 Å². The van der Waals surface area contributed by atoms with E-state index >= 15 is 0 Å². The molecule has 0 spiro atoms. The number of hydrogen-bond donors (Lipinski definition) is 0. The lowest BCUT2D eigenvalue weighted by Crippen LogP contribution is -2.45. The third-order valence-electron chi connectivity index (χ3n) is 5.03. The molecule has 1 atom stereocenters. The van der Waals surface area contributed by atoms with Crippen LogP contribution in [0.3, 0.4) is 0 Å². The maximum absolute atomic E-state index is 6.53. The fraction of sp³-hybridized carbons (Fsp3) is 0.350. The van der Waals surface area contributed by atoms with Crippen molar-refractivity contribution >= 4 is 52.4 Å². The third kappa shape index (κ3) is 3.53.